The molecule has 0 heterocycles. The molecule has 0 spiro atoms. The van der Waals surface area contributed by atoms with Crippen LogP contribution in [0.25, 0.3) is 0 Å². The van der Waals surface area contributed by atoms with E-state index in [0.29, 0.717) is 5.78 Å². The van der Waals surface area contributed by atoms with Crippen LogP contribution in [-0.2, 0) is 4.79 Å². The molecule has 0 aliphatic heterocycles. The molecule has 2 fully saturated rings. The number of Topliss-reactive ketones (excluding diaryl/α,β-unsaturated/α-hetero) is 1. The van der Waals surface area contributed by atoms with Crippen molar-refractivity contribution in [2.45, 2.75) is 74.7 Å². The van der Waals surface area contributed by atoms with Crippen LogP contribution < -0.4 is 21.2 Å². The van der Waals surface area contributed by atoms with E-state index in [-0.39, 0.29) is 35.5 Å². The molecular formula is C20H28IO2-. The standard InChI is InChI=1S/C20H28IO2/c1-17(2,23)9-6-11-19(13-14-19)15-8-12-20(21-4)16(22)7-5-10-18(15,20)3/h8,23H,5,7,10-14H2,1-4H3/q-1/t18-,20-/m1/s1. The second-order valence-corrected chi connectivity index (χ2v) is 11.2. The van der Waals surface area contributed by atoms with Crippen LogP contribution >= 0.6 is 0 Å². The van der Waals surface area contributed by atoms with Crippen molar-refractivity contribution in [3.8, 4) is 11.8 Å². The number of halogens is 1. The molecule has 2 atom stereocenters. The van der Waals surface area contributed by atoms with Crippen molar-refractivity contribution in [1.29, 1.82) is 0 Å². The van der Waals surface area contributed by atoms with E-state index in [1.54, 1.807) is 19.4 Å². The van der Waals surface area contributed by atoms with Crippen molar-refractivity contribution in [3.63, 3.8) is 0 Å². The van der Waals surface area contributed by atoms with Crippen LogP contribution in [0.5, 0.6) is 0 Å². The molecular weight excluding hydrogens is 399 g/mol. The molecule has 1 N–H and O–H groups in total. The van der Waals surface area contributed by atoms with Crippen LogP contribution in [0.1, 0.15) is 65.7 Å². The number of hydrogen-bond acceptors (Lipinski definition) is 2. The first-order valence-corrected chi connectivity index (χ1v) is 11.9. The molecule has 23 heavy (non-hydrogen) atoms. The van der Waals surface area contributed by atoms with Crippen LogP contribution in [0, 0.1) is 22.7 Å². The van der Waals surface area contributed by atoms with Gasteiger partial charge in [-0.25, -0.2) is 0 Å². The van der Waals surface area contributed by atoms with Crippen LogP contribution in [0.2, 0.25) is 0 Å². The number of aliphatic hydroxyl groups is 1. The normalized spacial score (nSPS) is 35.3. The van der Waals surface area contributed by atoms with E-state index in [0.717, 1.165) is 25.7 Å². The third-order valence-corrected chi connectivity index (χ3v) is 10.2. The molecule has 3 aliphatic rings. The van der Waals surface area contributed by atoms with E-state index in [4.69, 9.17) is 0 Å². The Morgan fingerprint density at radius 1 is 1.35 bits per heavy atom. The molecule has 0 aromatic carbocycles. The molecule has 0 unspecified atom stereocenters. The predicted octanol–water partition coefficient (Wildman–Crippen LogP) is 0.478. The van der Waals surface area contributed by atoms with Crippen LogP contribution in [-0.4, -0.2) is 24.8 Å². The van der Waals surface area contributed by atoms with E-state index >= 15 is 0 Å². The van der Waals surface area contributed by atoms with Gasteiger partial charge < -0.3 is 0 Å². The molecule has 0 aromatic heterocycles. The summed E-state index contributed by atoms with van der Waals surface area (Å²) in [6.07, 6.45) is 9.62. The fourth-order valence-corrected chi connectivity index (χ4v) is 8.06. The minimum atomic E-state index is -0.913. The van der Waals surface area contributed by atoms with Gasteiger partial charge in [-0.2, -0.15) is 0 Å². The van der Waals surface area contributed by atoms with E-state index < -0.39 is 5.60 Å². The number of hydrogen-bond donors (Lipinski definition) is 1. The zero-order valence-electron chi connectivity index (χ0n) is 14.8. The van der Waals surface area contributed by atoms with Crippen LogP contribution in [0.3, 0.4) is 0 Å². The van der Waals surface area contributed by atoms with Crippen molar-refractivity contribution in [3.05, 3.63) is 11.6 Å². The number of carbonyl (C=O) groups is 1. The monoisotopic (exact) mass is 427 g/mol. The first kappa shape index (κ1) is 17.5. The van der Waals surface area contributed by atoms with Gasteiger partial charge in [-0.1, -0.05) is 0 Å². The molecule has 3 rings (SSSR count). The zero-order chi connectivity index (χ0) is 16.9. The summed E-state index contributed by atoms with van der Waals surface area (Å²) < 4.78 is -0.0429. The average molecular weight is 427 g/mol. The molecule has 3 aliphatic carbocycles. The first-order chi connectivity index (χ1) is 10.7. The number of carbonyl (C=O) groups excluding carboxylic acids is 1. The third kappa shape index (κ3) is 2.70. The van der Waals surface area contributed by atoms with Gasteiger partial charge in [-0.3, -0.25) is 0 Å². The van der Waals surface area contributed by atoms with Gasteiger partial charge in [0.1, 0.15) is 0 Å². The molecule has 128 valence electrons. The van der Waals surface area contributed by atoms with Gasteiger partial charge >= 0.3 is 151 Å². The summed E-state index contributed by atoms with van der Waals surface area (Å²) >= 11 is -0.126. The Bertz CT molecular complexity index is 612. The molecule has 2 saturated carbocycles. The number of ketones is 1. The maximum atomic E-state index is 12.8. The molecule has 0 saturated heterocycles. The van der Waals surface area contributed by atoms with Crippen LogP contribution in [0.4, 0.5) is 0 Å². The Hall–Kier alpha value is -0.340. The summed E-state index contributed by atoms with van der Waals surface area (Å²) in [7, 11) is 0. The number of rotatable bonds is 3. The van der Waals surface area contributed by atoms with E-state index in [2.05, 4.69) is 29.8 Å². The second-order valence-electron chi connectivity index (χ2n) is 8.24. The van der Waals surface area contributed by atoms with Crippen LogP contribution in [0.15, 0.2) is 11.6 Å². The molecule has 0 amide bonds. The summed E-state index contributed by atoms with van der Waals surface area (Å²) in [4.78, 5) is 15.1. The Labute approximate surface area is 150 Å². The fraction of sp³-hybridized carbons (Fsp3) is 0.750. The quantitative estimate of drug-likeness (QED) is 0.308. The maximum absolute atomic E-state index is 12.8. The molecule has 3 heteroatoms. The van der Waals surface area contributed by atoms with Gasteiger partial charge in [0.15, 0.2) is 0 Å². The Kier molecular flexibility index (Phi) is 4.25. The van der Waals surface area contributed by atoms with E-state index in [1.165, 1.54) is 19.3 Å². The molecule has 0 aromatic rings. The van der Waals surface area contributed by atoms with Gasteiger partial charge in [0.05, 0.1) is 0 Å². The predicted molar refractivity (Wildman–Crippen MR) is 88.7 cm³/mol. The SMILES string of the molecule is C[I-][C@@]12CC=C(C3(CC#CC(C)(C)O)CC3)[C@@]1(C)CCCC2=O. The minimum absolute atomic E-state index is 0.0429. The van der Waals surface area contributed by atoms with Gasteiger partial charge in [0, 0.05) is 0 Å². The van der Waals surface area contributed by atoms with Gasteiger partial charge in [-0.15, -0.1) is 0 Å². The van der Waals surface area contributed by atoms with Gasteiger partial charge in [0.25, 0.3) is 0 Å². The van der Waals surface area contributed by atoms with Crippen molar-refractivity contribution < 1.29 is 31.1 Å². The average Bonchev–Trinajstić information content (AvgIpc) is 3.14. The third-order valence-electron chi connectivity index (χ3n) is 6.15. The molecule has 0 radical (unpaired) electrons. The number of fused-ring (bicyclic) bond motifs is 1. The van der Waals surface area contributed by atoms with Gasteiger partial charge in [-0.05, 0) is 0 Å². The van der Waals surface area contributed by atoms with Crippen molar-refractivity contribution in [2.75, 3.05) is 4.93 Å². The Morgan fingerprint density at radius 2 is 2.04 bits per heavy atom. The van der Waals surface area contributed by atoms with E-state index in [1.807, 2.05) is 0 Å². The summed E-state index contributed by atoms with van der Waals surface area (Å²) in [5.74, 6) is 6.75. The Morgan fingerprint density at radius 3 is 2.61 bits per heavy atom. The molecule has 2 nitrogen and oxygen atoms in total. The number of alkyl halides is 2. The fourth-order valence-electron chi connectivity index (χ4n) is 4.78. The topological polar surface area (TPSA) is 37.3 Å². The molecule has 0 bridgehead atoms. The number of allylic oxidation sites excluding steroid dienone is 2. The van der Waals surface area contributed by atoms with Crippen molar-refractivity contribution >= 4 is 5.78 Å². The summed E-state index contributed by atoms with van der Waals surface area (Å²) in [5, 5.41) is 9.82. The van der Waals surface area contributed by atoms with E-state index in [9.17, 15) is 9.90 Å². The Balaban J connectivity index is 1.89. The summed E-state index contributed by atoms with van der Waals surface area (Å²) in [6.45, 7) is 5.85. The summed E-state index contributed by atoms with van der Waals surface area (Å²) in [5.41, 5.74) is 0.913. The first-order valence-electron chi connectivity index (χ1n) is 8.67. The summed E-state index contributed by atoms with van der Waals surface area (Å²) in [6, 6.07) is 0. The second kappa shape index (κ2) is 5.59. The van der Waals surface area contributed by atoms with Crippen molar-refractivity contribution in [2.24, 2.45) is 10.8 Å². The van der Waals surface area contributed by atoms with Gasteiger partial charge in [0.2, 0.25) is 0 Å². The zero-order valence-corrected chi connectivity index (χ0v) is 16.9. The van der Waals surface area contributed by atoms with Crippen molar-refractivity contribution in [1.82, 2.24) is 0 Å².